The third-order valence-electron chi connectivity index (χ3n) is 1.38. The lowest BCUT2D eigenvalue weighted by Gasteiger charge is -1.84. The Kier molecular flexibility index (Phi) is 0.768. The third kappa shape index (κ3) is 0.452. The fourth-order valence-corrected chi connectivity index (χ4v) is 0.887. The number of amides is 2. The van der Waals surface area contributed by atoms with E-state index in [4.69, 9.17) is 0 Å². The number of carbonyl (C=O) groups excluding carboxylic acids is 2. The zero-order valence-corrected chi connectivity index (χ0v) is 4.88. The molecule has 1 aromatic heterocycles. The average molecular weight is 137 g/mol. The predicted octanol–water partition coefficient (Wildman–Crippen LogP) is 0.163. The smallest absolute Gasteiger partial charge is 0.262 e. The molecular weight excluding hydrogens is 134 g/mol. The fraction of sp³-hybridized carbons (Fsp3) is 0. The SMILES string of the molecule is O=C1NC(=O)c2cocc21. The van der Waals surface area contributed by atoms with Crippen molar-refractivity contribution in [2.75, 3.05) is 0 Å². The Morgan fingerprint density at radius 3 is 2.10 bits per heavy atom. The van der Waals surface area contributed by atoms with E-state index in [1.54, 1.807) is 0 Å². The topological polar surface area (TPSA) is 59.3 Å². The summed E-state index contributed by atoms with van der Waals surface area (Å²) in [6.07, 6.45) is 2.52. The summed E-state index contributed by atoms with van der Waals surface area (Å²) in [6.45, 7) is 0. The number of furan rings is 1. The largest absolute Gasteiger partial charge is 0.471 e. The third-order valence-corrected chi connectivity index (χ3v) is 1.38. The first-order chi connectivity index (χ1) is 4.79. The number of rotatable bonds is 0. The van der Waals surface area contributed by atoms with E-state index in [2.05, 4.69) is 9.73 Å². The highest BCUT2D eigenvalue weighted by Gasteiger charge is 2.28. The van der Waals surface area contributed by atoms with Gasteiger partial charge in [0.05, 0.1) is 11.1 Å². The summed E-state index contributed by atoms with van der Waals surface area (Å²) in [5.41, 5.74) is 0.648. The summed E-state index contributed by atoms with van der Waals surface area (Å²) in [5.74, 6) is -0.762. The molecule has 1 N–H and O–H groups in total. The molecule has 2 amide bonds. The molecule has 10 heavy (non-hydrogen) atoms. The highest BCUT2D eigenvalue weighted by molar-refractivity contribution is 6.21. The van der Waals surface area contributed by atoms with Gasteiger partial charge in [-0.15, -0.1) is 0 Å². The minimum absolute atomic E-state index is 0.324. The molecule has 2 heterocycles. The van der Waals surface area contributed by atoms with Crippen LogP contribution in [0.3, 0.4) is 0 Å². The molecule has 0 fully saturated rings. The Morgan fingerprint density at radius 1 is 1.10 bits per heavy atom. The highest BCUT2D eigenvalue weighted by atomic mass is 16.3. The summed E-state index contributed by atoms with van der Waals surface area (Å²) in [4.78, 5) is 21.5. The second kappa shape index (κ2) is 1.47. The number of carbonyl (C=O) groups is 2. The van der Waals surface area contributed by atoms with Gasteiger partial charge in [-0.2, -0.15) is 0 Å². The van der Waals surface area contributed by atoms with Gasteiger partial charge in [0.15, 0.2) is 0 Å². The van der Waals surface area contributed by atoms with Crippen LogP contribution in [0.15, 0.2) is 16.9 Å². The van der Waals surface area contributed by atoms with Gasteiger partial charge in [-0.05, 0) is 0 Å². The second-order valence-corrected chi connectivity index (χ2v) is 1.98. The first-order valence-corrected chi connectivity index (χ1v) is 2.71. The molecule has 0 saturated carbocycles. The lowest BCUT2D eigenvalue weighted by atomic mass is 10.2. The standard InChI is InChI=1S/C6H3NO3/c8-5-3-1-10-2-4(3)6(9)7-5/h1-2H,(H,7,8,9). The van der Waals surface area contributed by atoms with Crippen molar-refractivity contribution in [3.05, 3.63) is 23.7 Å². The molecule has 0 atom stereocenters. The Balaban J connectivity index is 2.69. The minimum atomic E-state index is -0.381. The van der Waals surface area contributed by atoms with Gasteiger partial charge in [0.2, 0.25) is 0 Å². The molecule has 1 aliphatic heterocycles. The summed E-state index contributed by atoms with van der Waals surface area (Å²) >= 11 is 0. The van der Waals surface area contributed by atoms with Crippen LogP contribution in [0.5, 0.6) is 0 Å². The Morgan fingerprint density at radius 2 is 1.60 bits per heavy atom. The molecule has 0 saturated heterocycles. The summed E-state index contributed by atoms with van der Waals surface area (Å²) in [6, 6.07) is 0. The van der Waals surface area contributed by atoms with E-state index in [-0.39, 0.29) is 11.8 Å². The molecule has 2 rings (SSSR count). The quantitative estimate of drug-likeness (QED) is 0.518. The molecule has 0 spiro atoms. The normalized spacial score (nSPS) is 15.2. The maximum Gasteiger partial charge on any atom is 0.262 e. The lowest BCUT2D eigenvalue weighted by Crippen LogP contribution is -2.20. The van der Waals surface area contributed by atoms with Crippen molar-refractivity contribution >= 4 is 11.8 Å². The van der Waals surface area contributed by atoms with E-state index in [1.807, 2.05) is 0 Å². The number of nitrogens with one attached hydrogen (secondary N) is 1. The van der Waals surface area contributed by atoms with Crippen LogP contribution in [0, 0.1) is 0 Å². The number of fused-ring (bicyclic) bond motifs is 1. The Bertz CT molecular complexity index is 284. The highest BCUT2D eigenvalue weighted by Crippen LogP contribution is 2.15. The van der Waals surface area contributed by atoms with E-state index in [9.17, 15) is 9.59 Å². The van der Waals surface area contributed by atoms with E-state index in [1.165, 1.54) is 12.5 Å². The van der Waals surface area contributed by atoms with Crippen molar-refractivity contribution in [2.24, 2.45) is 0 Å². The molecule has 0 aliphatic carbocycles. The van der Waals surface area contributed by atoms with E-state index in [0.717, 1.165) is 0 Å². The fourth-order valence-electron chi connectivity index (χ4n) is 0.887. The van der Waals surface area contributed by atoms with Crippen LogP contribution in [0.4, 0.5) is 0 Å². The molecular formula is C6H3NO3. The number of hydrogen-bond acceptors (Lipinski definition) is 3. The molecule has 50 valence electrons. The minimum Gasteiger partial charge on any atom is -0.471 e. The molecule has 0 radical (unpaired) electrons. The second-order valence-electron chi connectivity index (χ2n) is 1.98. The molecule has 4 heteroatoms. The summed E-state index contributed by atoms with van der Waals surface area (Å²) < 4.78 is 4.65. The molecule has 0 aromatic carbocycles. The molecule has 0 bridgehead atoms. The van der Waals surface area contributed by atoms with Gasteiger partial charge in [0.25, 0.3) is 11.8 Å². The summed E-state index contributed by atoms with van der Waals surface area (Å²) in [7, 11) is 0. The van der Waals surface area contributed by atoms with Gasteiger partial charge >= 0.3 is 0 Å². The van der Waals surface area contributed by atoms with Crippen molar-refractivity contribution in [1.29, 1.82) is 0 Å². The van der Waals surface area contributed by atoms with Gasteiger partial charge in [-0.3, -0.25) is 14.9 Å². The molecule has 1 aromatic rings. The van der Waals surface area contributed by atoms with Crippen LogP contribution in [-0.2, 0) is 0 Å². The number of imide groups is 1. The van der Waals surface area contributed by atoms with Crippen molar-refractivity contribution in [3.63, 3.8) is 0 Å². The maximum atomic E-state index is 10.7. The summed E-state index contributed by atoms with van der Waals surface area (Å²) in [5, 5.41) is 2.12. The maximum absolute atomic E-state index is 10.7. The van der Waals surface area contributed by atoms with Crippen LogP contribution in [-0.4, -0.2) is 11.8 Å². The predicted molar refractivity (Wildman–Crippen MR) is 30.5 cm³/mol. The van der Waals surface area contributed by atoms with Crippen LogP contribution in [0.2, 0.25) is 0 Å². The first kappa shape index (κ1) is 5.22. The first-order valence-electron chi connectivity index (χ1n) is 2.71. The monoisotopic (exact) mass is 137 g/mol. The van der Waals surface area contributed by atoms with Crippen LogP contribution in [0.1, 0.15) is 20.7 Å². The van der Waals surface area contributed by atoms with Crippen molar-refractivity contribution in [1.82, 2.24) is 5.32 Å². The van der Waals surface area contributed by atoms with Crippen LogP contribution >= 0.6 is 0 Å². The van der Waals surface area contributed by atoms with Gasteiger partial charge in [-0.25, -0.2) is 0 Å². The van der Waals surface area contributed by atoms with Gasteiger partial charge in [0, 0.05) is 0 Å². The van der Waals surface area contributed by atoms with E-state index in [0.29, 0.717) is 11.1 Å². The van der Waals surface area contributed by atoms with Gasteiger partial charge < -0.3 is 4.42 Å². The zero-order chi connectivity index (χ0) is 7.14. The molecule has 1 aliphatic rings. The molecule has 0 unspecified atom stereocenters. The van der Waals surface area contributed by atoms with Crippen molar-refractivity contribution in [2.45, 2.75) is 0 Å². The van der Waals surface area contributed by atoms with Crippen molar-refractivity contribution < 1.29 is 14.0 Å². The average Bonchev–Trinajstić information content (AvgIpc) is 2.39. The number of hydrogen-bond donors (Lipinski definition) is 1. The van der Waals surface area contributed by atoms with E-state index >= 15 is 0 Å². The lowest BCUT2D eigenvalue weighted by molar-refractivity contribution is 0.0877. The Hall–Kier alpha value is -1.58. The zero-order valence-electron chi connectivity index (χ0n) is 4.88. The molecule has 4 nitrogen and oxygen atoms in total. The van der Waals surface area contributed by atoms with Gasteiger partial charge in [-0.1, -0.05) is 0 Å². The van der Waals surface area contributed by atoms with Crippen molar-refractivity contribution in [3.8, 4) is 0 Å². The van der Waals surface area contributed by atoms with Crippen LogP contribution in [0.25, 0.3) is 0 Å². The van der Waals surface area contributed by atoms with Crippen LogP contribution < -0.4 is 5.32 Å². The van der Waals surface area contributed by atoms with E-state index < -0.39 is 0 Å². The Labute approximate surface area is 55.8 Å². The van der Waals surface area contributed by atoms with Gasteiger partial charge in [0.1, 0.15) is 12.5 Å².